The number of carbonyl (C=O) groups is 1. The summed E-state index contributed by atoms with van der Waals surface area (Å²) in [4.78, 5) is 17.0. The summed E-state index contributed by atoms with van der Waals surface area (Å²) in [6.07, 6.45) is 0.832. The molecule has 0 fully saturated rings. The molecule has 2 aromatic heterocycles. The molecule has 3 aromatic rings. The number of carbonyl (C=O) groups excluding carboxylic acids is 1. The summed E-state index contributed by atoms with van der Waals surface area (Å²) in [7, 11) is 1.60. The monoisotopic (exact) mass is 368 g/mol. The quantitative estimate of drug-likeness (QED) is 0.626. The third kappa shape index (κ3) is 3.41. The average molecular weight is 368 g/mol. The van der Waals surface area contributed by atoms with E-state index in [-0.39, 0.29) is 5.91 Å². The number of benzene rings is 1. The predicted molar refractivity (Wildman–Crippen MR) is 96.2 cm³/mol. The summed E-state index contributed by atoms with van der Waals surface area (Å²) in [5.74, 6) is 1.19. The van der Waals surface area contributed by atoms with Crippen molar-refractivity contribution in [1.82, 2.24) is 31.0 Å². The molecule has 1 aliphatic rings. The van der Waals surface area contributed by atoms with Crippen LogP contribution >= 0.6 is 0 Å². The fourth-order valence-corrected chi connectivity index (χ4v) is 3.03. The molecule has 4 rings (SSSR count). The van der Waals surface area contributed by atoms with E-state index in [0.717, 1.165) is 29.8 Å². The Labute approximate surface area is 155 Å². The Bertz CT molecular complexity index is 964. The fraction of sp³-hybridized carbons (Fsp3) is 0.333. The Kier molecular flexibility index (Phi) is 4.59. The van der Waals surface area contributed by atoms with Crippen molar-refractivity contribution >= 4 is 5.91 Å². The minimum absolute atomic E-state index is 0.273. The number of amides is 1. The van der Waals surface area contributed by atoms with Crippen LogP contribution in [0, 0.1) is 0 Å². The number of fused-ring (bicyclic) bond motifs is 1. The number of methoxy groups -OCH3 is 1. The molecule has 0 saturated carbocycles. The van der Waals surface area contributed by atoms with Gasteiger partial charge in [0.25, 0.3) is 5.91 Å². The Morgan fingerprint density at radius 2 is 2.30 bits per heavy atom. The lowest BCUT2D eigenvalue weighted by atomic mass is 10.1. The minimum Gasteiger partial charge on any atom is -0.497 e. The second-order valence-corrected chi connectivity index (χ2v) is 6.34. The summed E-state index contributed by atoms with van der Waals surface area (Å²) in [6.45, 7) is 3.29. The number of nitrogens with zero attached hydrogens (tertiary/aromatic N) is 3. The van der Waals surface area contributed by atoms with Crippen molar-refractivity contribution in [2.75, 3.05) is 13.7 Å². The average Bonchev–Trinajstić information content (AvgIpc) is 3.35. The zero-order chi connectivity index (χ0) is 18.8. The van der Waals surface area contributed by atoms with E-state index < -0.39 is 6.04 Å². The van der Waals surface area contributed by atoms with Crippen molar-refractivity contribution in [2.45, 2.75) is 25.9 Å². The molecule has 9 heteroatoms. The topological polar surface area (TPSA) is 118 Å². The van der Waals surface area contributed by atoms with Crippen molar-refractivity contribution in [1.29, 1.82) is 0 Å². The molecular formula is C18H20N6O3. The van der Waals surface area contributed by atoms with E-state index in [0.29, 0.717) is 29.7 Å². The lowest BCUT2D eigenvalue weighted by Gasteiger charge is -2.13. The van der Waals surface area contributed by atoms with Gasteiger partial charge in [-0.15, -0.1) is 0 Å². The van der Waals surface area contributed by atoms with E-state index >= 15 is 0 Å². The summed E-state index contributed by atoms with van der Waals surface area (Å²) in [5, 5.41) is 17.2. The Hall–Kier alpha value is -3.20. The first kappa shape index (κ1) is 17.2. The summed E-state index contributed by atoms with van der Waals surface area (Å²) < 4.78 is 10.5. The van der Waals surface area contributed by atoms with Gasteiger partial charge in [-0.1, -0.05) is 17.3 Å². The first-order valence-corrected chi connectivity index (χ1v) is 8.71. The SMILES string of the molecule is COc1cccc(-c2noc(C(C)NC(=O)c3n[nH]c4c3CNCC4)n2)c1. The molecule has 0 aliphatic carbocycles. The van der Waals surface area contributed by atoms with Gasteiger partial charge in [-0.2, -0.15) is 10.1 Å². The lowest BCUT2D eigenvalue weighted by molar-refractivity contribution is 0.0926. The normalized spacial score (nSPS) is 14.4. The standard InChI is InChI=1S/C18H20N6O3/c1-10(20-17(25)15-13-9-19-7-6-14(13)22-23-15)18-21-16(24-27-18)11-4-3-5-12(8-11)26-2/h3-5,8,10,19H,6-7,9H2,1-2H3,(H,20,25)(H,22,23). The third-order valence-electron chi connectivity index (χ3n) is 4.51. The van der Waals surface area contributed by atoms with Gasteiger partial charge in [-0.25, -0.2) is 0 Å². The Morgan fingerprint density at radius 1 is 1.41 bits per heavy atom. The zero-order valence-electron chi connectivity index (χ0n) is 15.1. The number of H-pyrrole nitrogens is 1. The molecule has 0 spiro atoms. The van der Waals surface area contributed by atoms with E-state index in [9.17, 15) is 4.79 Å². The van der Waals surface area contributed by atoms with Gasteiger partial charge in [0.2, 0.25) is 11.7 Å². The van der Waals surface area contributed by atoms with Crippen LogP contribution in [-0.2, 0) is 13.0 Å². The maximum atomic E-state index is 12.6. The molecule has 1 aromatic carbocycles. The van der Waals surface area contributed by atoms with E-state index in [1.807, 2.05) is 24.3 Å². The molecule has 3 heterocycles. The highest BCUT2D eigenvalue weighted by molar-refractivity contribution is 5.94. The summed E-state index contributed by atoms with van der Waals surface area (Å²) in [5.41, 5.74) is 3.09. The maximum Gasteiger partial charge on any atom is 0.272 e. The highest BCUT2D eigenvalue weighted by atomic mass is 16.5. The van der Waals surface area contributed by atoms with Crippen molar-refractivity contribution in [3.05, 3.63) is 47.1 Å². The van der Waals surface area contributed by atoms with E-state index in [1.165, 1.54) is 0 Å². The number of ether oxygens (including phenoxy) is 1. The molecule has 140 valence electrons. The number of aromatic nitrogens is 4. The van der Waals surface area contributed by atoms with Crippen LogP contribution in [0.3, 0.4) is 0 Å². The van der Waals surface area contributed by atoms with Gasteiger partial charge in [-0.05, 0) is 19.1 Å². The minimum atomic E-state index is -0.451. The number of rotatable bonds is 5. The lowest BCUT2D eigenvalue weighted by Crippen LogP contribution is -2.30. The van der Waals surface area contributed by atoms with E-state index in [1.54, 1.807) is 14.0 Å². The molecule has 3 N–H and O–H groups in total. The molecule has 9 nitrogen and oxygen atoms in total. The van der Waals surface area contributed by atoms with Gasteiger partial charge in [-0.3, -0.25) is 9.89 Å². The van der Waals surface area contributed by atoms with E-state index in [2.05, 4.69) is 31.0 Å². The number of hydrogen-bond acceptors (Lipinski definition) is 7. The van der Waals surface area contributed by atoms with Crippen LogP contribution < -0.4 is 15.4 Å². The van der Waals surface area contributed by atoms with Gasteiger partial charge >= 0.3 is 0 Å². The van der Waals surface area contributed by atoms with Crippen LogP contribution in [0.25, 0.3) is 11.4 Å². The predicted octanol–water partition coefficient (Wildman–Crippen LogP) is 1.60. The number of nitrogens with one attached hydrogen (secondary N) is 3. The Balaban J connectivity index is 1.49. The second kappa shape index (κ2) is 7.20. The molecule has 1 aliphatic heterocycles. The van der Waals surface area contributed by atoms with Crippen LogP contribution in [0.2, 0.25) is 0 Å². The Morgan fingerprint density at radius 3 is 3.15 bits per heavy atom. The largest absolute Gasteiger partial charge is 0.497 e. The van der Waals surface area contributed by atoms with Crippen LogP contribution in [0.5, 0.6) is 5.75 Å². The first-order chi connectivity index (χ1) is 13.2. The fourth-order valence-electron chi connectivity index (χ4n) is 3.03. The van der Waals surface area contributed by atoms with Crippen LogP contribution in [0.15, 0.2) is 28.8 Å². The molecule has 0 bridgehead atoms. The highest BCUT2D eigenvalue weighted by Gasteiger charge is 2.24. The molecule has 27 heavy (non-hydrogen) atoms. The van der Waals surface area contributed by atoms with Crippen molar-refractivity contribution in [3.8, 4) is 17.1 Å². The smallest absolute Gasteiger partial charge is 0.272 e. The highest BCUT2D eigenvalue weighted by Crippen LogP contribution is 2.23. The second-order valence-electron chi connectivity index (χ2n) is 6.34. The van der Waals surface area contributed by atoms with Gasteiger partial charge < -0.3 is 19.9 Å². The van der Waals surface area contributed by atoms with Crippen LogP contribution in [0.4, 0.5) is 0 Å². The van der Waals surface area contributed by atoms with Crippen molar-refractivity contribution in [3.63, 3.8) is 0 Å². The number of hydrogen-bond donors (Lipinski definition) is 3. The van der Waals surface area contributed by atoms with Crippen molar-refractivity contribution < 1.29 is 14.1 Å². The van der Waals surface area contributed by atoms with Gasteiger partial charge in [0.15, 0.2) is 5.69 Å². The third-order valence-corrected chi connectivity index (χ3v) is 4.51. The molecule has 0 saturated heterocycles. The van der Waals surface area contributed by atoms with Gasteiger partial charge in [0.1, 0.15) is 11.8 Å². The first-order valence-electron chi connectivity index (χ1n) is 8.71. The molecular weight excluding hydrogens is 348 g/mol. The van der Waals surface area contributed by atoms with Crippen LogP contribution in [0.1, 0.15) is 40.6 Å². The molecule has 0 radical (unpaired) electrons. The van der Waals surface area contributed by atoms with Gasteiger partial charge in [0.05, 0.1) is 7.11 Å². The molecule has 1 amide bonds. The number of aromatic amines is 1. The maximum absolute atomic E-state index is 12.6. The molecule has 1 unspecified atom stereocenters. The van der Waals surface area contributed by atoms with E-state index in [4.69, 9.17) is 9.26 Å². The summed E-state index contributed by atoms with van der Waals surface area (Å²) in [6, 6.07) is 6.93. The van der Waals surface area contributed by atoms with Crippen molar-refractivity contribution in [2.24, 2.45) is 0 Å². The van der Waals surface area contributed by atoms with Crippen LogP contribution in [-0.4, -0.2) is 39.9 Å². The zero-order valence-corrected chi connectivity index (χ0v) is 15.1. The summed E-state index contributed by atoms with van der Waals surface area (Å²) >= 11 is 0. The van der Waals surface area contributed by atoms with Gasteiger partial charge in [0, 0.05) is 36.3 Å². The molecule has 1 atom stereocenters.